The van der Waals surface area contributed by atoms with Crippen molar-refractivity contribution in [1.29, 1.82) is 0 Å². The maximum Gasteiger partial charge on any atom is 0.259 e. The Bertz CT molecular complexity index is 1030. The van der Waals surface area contributed by atoms with Gasteiger partial charge in [-0.15, -0.1) is 12.4 Å². The number of nitrogens with zero attached hydrogens (tertiary/aromatic N) is 2. The van der Waals surface area contributed by atoms with Gasteiger partial charge in [-0.25, -0.2) is 4.68 Å². The molecule has 1 aliphatic rings. The van der Waals surface area contributed by atoms with Crippen molar-refractivity contribution in [1.82, 2.24) is 15.1 Å². The average Bonchev–Trinajstić information content (AvgIpc) is 3.17. The second kappa shape index (κ2) is 9.84. The predicted octanol–water partition coefficient (Wildman–Crippen LogP) is 5.63. The summed E-state index contributed by atoms with van der Waals surface area (Å²) in [5, 5.41) is 12.2. The van der Waals surface area contributed by atoms with Crippen molar-refractivity contribution < 1.29 is 4.79 Å². The van der Waals surface area contributed by atoms with Gasteiger partial charge in [-0.05, 0) is 74.8 Å². The lowest BCUT2D eigenvalue weighted by Gasteiger charge is -2.24. The number of rotatable bonds is 4. The Morgan fingerprint density at radius 1 is 1.13 bits per heavy atom. The molecule has 1 saturated heterocycles. The van der Waals surface area contributed by atoms with Gasteiger partial charge in [-0.3, -0.25) is 4.79 Å². The maximum absolute atomic E-state index is 13.1. The molecule has 4 rings (SSSR count). The van der Waals surface area contributed by atoms with Crippen LogP contribution in [0.3, 0.4) is 0 Å². The number of anilines is 1. The molecule has 5 nitrogen and oxygen atoms in total. The second-order valence-electron chi connectivity index (χ2n) is 7.27. The largest absolute Gasteiger partial charge is 0.322 e. The van der Waals surface area contributed by atoms with Gasteiger partial charge in [-0.2, -0.15) is 5.10 Å². The fraction of sp³-hybridized carbons (Fsp3) is 0.273. The zero-order valence-corrected chi connectivity index (χ0v) is 18.8. The second-order valence-corrected chi connectivity index (χ2v) is 8.12. The van der Waals surface area contributed by atoms with E-state index in [0.29, 0.717) is 21.3 Å². The highest BCUT2D eigenvalue weighted by molar-refractivity contribution is 6.31. The van der Waals surface area contributed by atoms with E-state index >= 15 is 0 Å². The molecule has 0 bridgehead atoms. The normalized spacial score (nSPS) is 14.2. The molecule has 2 aromatic carbocycles. The molecule has 3 aromatic rings. The van der Waals surface area contributed by atoms with Crippen LogP contribution in [0.15, 0.2) is 48.7 Å². The number of aryl methyl sites for hydroxylation is 1. The lowest BCUT2D eigenvalue weighted by Crippen LogP contribution is -2.29. The first kappa shape index (κ1) is 22.6. The molecule has 0 unspecified atom stereocenters. The molecule has 0 atom stereocenters. The van der Waals surface area contributed by atoms with Crippen LogP contribution in [0.25, 0.3) is 5.69 Å². The van der Waals surface area contributed by atoms with Crippen molar-refractivity contribution in [3.8, 4) is 5.69 Å². The summed E-state index contributed by atoms with van der Waals surface area (Å²) in [6.45, 7) is 3.77. The van der Waals surface area contributed by atoms with Crippen molar-refractivity contribution in [3.63, 3.8) is 0 Å². The zero-order chi connectivity index (χ0) is 20.4. The molecular weight excluding hydrogens is 443 g/mol. The molecule has 1 fully saturated rings. The summed E-state index contributed by atoms with van der Waals surface area (Å²) in [6, 6.07) is 13.0. The Hall–Kier alpha value is -2.05. The van der Waals surface area contributed by atoms with Crippen LogP contribution < -0.4 is 10.6 Å². The molecule has 0 spiro atoms. The third-order valence-corrected chi connectivity index (χ3v) is 5.94. The van der Waals surface area contributed by atoms with Gasteiger partial charge in [-0.1, -0.05) is 29.3 Å². The van der Waals surface area contributed by atoms with E-state index in [4.69, 9.17) is 23.2 Å². The van der Waals surface area contributed by atoms with Gasteiger partial charge < -0.3 is 10.6 Å². The van der Waals surface area contributed by atoms with Gasteiger partial charge >= 0.3 is 0 Å². The molecule has 0 saturated carbocycles. The number of piperidine rings is 1. The molecule has 30 heavy (non-hydrogen) atoms. The van der Waals surface area contributed by atoms with Gasteiger partial charge in [0.1, 0.15) is 0 Å². The molecule has 0 radical (unpaired) electrons. The highest BCUT2D eigenvalue weighted by Gasteiger charge is 2.27. The molecule has 158 valence electrons. The first-order chi connectivity index (χ1) is 14.0. The highest BCUT2D eigenvalue weighted by Crippen LogP contribution is 2.31. The number of halogens is 3. The molecular formula is C22H23Cl3N4O. The van der Waals surface area contributed by atoms with Gasteiger partial charge in [0.15, 0.2) is 0 Å². The van der Waals surface area contributed by atoms with Gasteiger partial charge in [0.05, 0.1) is 23.1 Å². The fourth-order valence-electron chi connectivity index (χ4n) is 3.68. The number of amides is 1. The number of carbonyl (C=O) groups excluding carboxylic acids is 1. The van der Waals surface area contributed by atoms with Crippen LogP contribution >= 0.6 is 35.6 Å². The summed E-state index contributed by atoms with van der Waals surface area (Å²) in [4.78, 5) is 13.1. The van der Waals surface area contributed by atoms with Crippen molar-refractivity contribution >= 4 is 47.2 Å². The Balaban J connectivity index is 0.00000256. The van der Waals surface area contributed by atoms with Crippen molar-refractivity contribution in [2.45, 2.75) is 25.7 Å². The standard InChI is InChI=1S/C22H22Cl2N4O.ClH/c1-14-2-5-17(12-20(14)24)27-22(29)19-13-26-28(18-6-3-16(23)4-7-18)21(19)15-8-10-25-11-9-15;/h2-7,12-13,15,25H,8-11H2,1H3,(H,27,29);1H. The predicted molar refractivity (Wildman–Crippen MR) is 125 cm³/mol. The van der Waals surface area contributed by atoms with Gasteiger partial charge in [0.2, 0.25) is 0 Å². The molecule has 8 heteroatoms. The molecule has 2 N–H and O–H groups in total. The van der Waals surface area contributed by atoms with Crippen molar-refractivity contribution in [2.75, 3.05) is 18.4 Å². The number of nitrogens with one attached hydrogen (secondary N) is 2. The SMILES string of the molecule is Cc1ccc(NC(=O)c2cnn(-c3ccc(Cl)cc3)c2C2CCNCC2)cc1Cl.Cl. The zero-order valence-electron chi connectivity index (χ0n) is 16.5. The minimum Gasteiger partial charge on any atom is -0.322 e. The van der Waals surface area contributed by atoms with E-state index in [-0.39, 0.29) is 24.2 Å². The van der Waals surface area contributed by atoms with Crippen LogP contribution in [0.4, 0.5) is 5.69 Å². The Kier molecular flexibility index (Phi) is 7.42. The van der Waals surface area contributed by atoms with E-state index in [0.717, 1.165) is 42.9 Å². The number of benzene rings is 2. The first-order valence-corrected chi connectivity index (χ1v) is 10.4. The van der Waals surface area contributed by atoms with Crippen molar-refractivity contribution in [3.05, 3.63) is 75.5 Å². The number of aromatic nitrogens is 2. The van der Waals surface area contributed by atoms with E-state index in [2.05, 4.69) is 15.7 Å². The topological polar surface area (TPSA) is 59.0 Å². The summed E-state index contributed by atoms with van der Waals surface area (Å²) in [5.41, 5.74) is 4.05. The molecule has 2 heterocycles. The van der Waals surface area contributed by atoms with Gasteiger partial charge in [0, 0.05) is 21.7 Å². The Morgan fingerprint density at radius 3 is 2.50 bits per heavy atom. The van der Waals surface area contributed by atoms with Crippen LogP contribution in [-0.4, -0.2) is 28.8 Å². The van der Waals surface area contributed by atoms with Crippen LogP contribution in [0.2, 0.25) is 10.0 Å². The Labute approximate surface area is 192 Å². The summed E-state index contributed by atoms with van der Waals surface area (Å²) in [5.74, 6) is 0.0652. The third-order valence-electron chi connectivity index (χ3n) is 5.28. The Morgan fingerprint density at radius 2 is 1.83 bits per heavy atom. The van der Waals surface area contributed by atoms with Crippen molar-refractivity contribution in [2.24, 2.45) is 0 Å². The highest BCUT2D eigenvalue weighted by atomic mass is 35.5. The summed E-state index contributed by atoms with van der Waals surface area (Å²) < 4.78 is 1.86. The third kappa shape index (κ3) is 4.81. The summed E-state index contributed by atoms with van der Waals surface area (Å²) in [7, 11) is 0. The number of carbonyl (C=O) groups is 1. The smallest absolute Gasteiger partial charge is 0.259 e. The van der Waals surface area contributed by atoms with E-state index in [1.54, 1.807) is 12.3 Å². The van der Waals surface area contributed by atoms with Crippen LogP contribution in [0.5, 0.6) is 0 Å². The molecule has 1 aliphatic heterocycles. The average molecular weight is 466 g/mol. The first-order valence-electron chi connectivity index (χ1n) is 9.65. The summed E-state index contributed by atoms with van der Waals surface area (Å²) in [6.07, 6.45) is 3.56. The van der Waals surface area contributed by atoms with E-state index in [1.807, 2.05) is 48.0 Å². The van der Waals surface area contributed by atoms with E-state index in [9.17, 15) is 4.79 Å². The van der Waals surface area contributed by atoms with E-state index < -0.39 is 0 Å². The fourth-order valence-corrected chi connectivity index (χ4v) is 3.98. The number of hydrogen-bond donors (Lipinski definition) is 2. The maximum atomic E-state index is 13.1. The molecule has 0 aliphatic carbocycles. The minimum absolute atomic E-state index is 0. The van der Waals surface area contributed by atoms with Crippen LogP contribution in [0, 0.1) is 6.92 Å². The quantitative estimate of drug-likeness (QED) is 0.525. The lowest BCUT2D eigenvalue weighted by molar-refractivity contribution is 0.102. The van der Waals surface area contributed by atoms with Crippen LogP contribution in [-0.2, 0) is 0 Å². The molecule has 1 amide bonds. The monoisotopic (exact) mass is 464 g/mol. The van der Waals surface area contributed by atoms with Crippen LogP contribution in [0.1, 0.15) is 40.4 Å². The summed E-state index contributed by atoms with van der Waals surface area (Å²) >= 11 is 12.3. The molecule has 1 aromatic heterocycles. The number of hydrogen-bond acceptors (Lipinski definition) is 3. The lowest BCUT2D eigenvalue weighted by atomic mass is 9.91. The van der Waals surface area contributed by atoms with Gasteiger partial charge in [0.25, 0.3) is 5.91 Å². The van der Waals surface area contributed by atoms with E-state index in [1.165, 1.54) is 0 Å². The minimum atomic E-state index is -0.182.